The third-order valence-corrected chi connectivity index (χ3v) is 5.28. The maximum atomic E-state index is 13.1. The first kappa shape index (κ1) is 21.1. The number of carbonyl (C=O) groups is 2. The number of H-pyrrole nitrogens is 1. The summed E-state index contributed by atoms with van der Waals surface area (Å²) in [6, 6.07) is 12.8. The van der Waals surface area contributed by atoms with E-state index in [4.69, 9.17) is 4.74 Å². The predicted molar refractivity (Wildman–Crippen MR) is 122 cm³/mol. The van der Waals surface area contributed by atoms with E-state index in [1.807, 2.05) is 44.2 Å². The number of amides is 2. The third-order valence-electron chi connectivity index (χ3n) is 5.28. The molecule has 2 amide bonds. The van der Waals surface area contributed by atoms with Crippen LogP contribution in [0.2, 0.25) is 0 Å². The molecule has 2 aromatic carbocycles. The van der Waals surface area contributed by atoms with E-state index in [1.54, 1.807) is 12.1 Å². The van der Waals surface area contributed by atoms with Crippen molar-refractivity contribution in [2.24, 2.45) is 0 Å². The Kier molecular flexibility index (Phi) is 5.63. The molecule has 1 aliphatic heterocycles. The monoisotopic (exact) mass is 433 g/mol. The van der Waals surface area contributed by atoms with Gasteiger partial charge in [0.05, 0.1) is 18.6 Å². The molecule has 0 saturated carbocycles. The number of benzene rings is 2. The molecule has 1 aliphatic rings. The molecular formula is C23H23N5O4. The molecule has 0 aliphatic carbocycles. The highest BCUT2D eigenvalue weighted by Crippen LogP contribution is 2.31. The van der Waals surface area contributed by atoms with Crippen molar-refractivity contribution in [3.63, 3.8) is 0 Å². The Hall–Kier alpha value is -4.14. The number of rotatable bonds is 5. The largest absolute Gasteiger partial charge is 0.497 e. The normalized spacial score (nSPS) is 14.8. The van der Waals surface area contributed by atoms with Crippen LogP contribution < -0.4 is 26.2 Å². The lowest BCUT2D eigenvalue weighted by Gasteiger charge is -2.24. The highest BCUT2D eigenvalue weighted by atomic mass is 16.5. The van der Waals surface area contributed by atoms with Gasteiger partial charge in [0.2, 0.25) is 17.8 Å². The summed E-state index contributed by atoms with van der Waals surface area (Å²) >= 11 is 0. The van der Waals surface area contributed by atoms with Crippen molar-refractivity contribution in [1.82, 2.24) is 9.97 Å². The summed E-state index contributed by atoms with van der Waals surface area (Å²) in [5.41, 5.74) is 2.82. The van der Waals surface area contributed by atoms with Gasteiger partial charge in [-0.1, -0.05) is 23.8 Å². The van der Waals surface area contributed by atoms with E-state index < -0.39 is 17.4 Å². The number of anilines is 4. The minimum absolute atomic E-state index is 0.0714. The van der Waals surface area contributed by atoms with Crippen molar-refractivity contribution < 1.29 is 14.3 Å². The second-order valence-corrected chi connectivity index (χ2v) is 7.64. The summed E-state index contributed by atoms with van der Waals surface area (Å²) in [6.07, 6.45) is -0.155. The van der Waals surface area contributed by atoms with E-state index in [-0.39, 0.29) is 29.7 Å². The zero-order chi connectivity index (χ0) is 22.8. The van der Waals surface area contributed by atoms with Crippen LogP contribution in [0.15, 0.2) is 47.3 Å². The average Bonchev–Trinajstić information content (AvgIpc) is 2.76. The van der Waals surface area contributed by atoms with Gasteiger partial charge in [0.1, 0.15) is 11.6 Å². The van der Waals surface area contributed by atoms with Crippen molar-refractivity contribution in [3.8, 4) is 5.75 Å². The standard InChI is InChI=1S/C23H23N5O4/c1-12-4-7-14(8-5-12)24-23-27-20-19(22(31)28-23)16(11-18(29)26-20)21(30)25-17-10-15(32-3)9-6-13(17)2/h4-10,16H,11H2,1-3H3,(H,25,30)(H3,24,26,27,28,29,31). The maximum Gasteiger partial charge on any atom is 0.258 e. The Morgan fingerprint density at radius 3 is 2.59 bits per heavy atom. The highest BCUT2D eigenvalue weighted by Gasteiger charge is 2.35. The lowest BCUT2D eigenvalue weighted by molar-refractivity contribution is -0.123. The summed E-state index contributed by atoms with van der Waals surface area (Å²) in [5, 5.41) is 8.42. The fourth-order valence-corrected chi connectivity index (χ4v) is 3.51. The fourth-order valence-electron chi connectivity index (χ4n) is 3.51. The lowest BCUT2D eigenvalue weighted by Crippen LogP contribution is -2.36. The van der Waals surface area contributed by atoms with E-state index in [0.717, 1.165) is 16.8 Å². The molecule has 9 heteroatoms. The maximum absolute atomic E-state index is 13.1. The van der Waals surface area contributed by atoms with Crippen molar-refractivity contribution in [3.05, 3.63) is 69.5 Å². The molecule has 0 radical (unpaired) electrons. The van der Waals surface area contributed by atoms with Crippen molar-refractivity contribution in [1.29, 1.82) is 0 Å². The molecule has 4 N–H and O–H groups in total. The number of fused-ring (bicyclic) bond motifs is 1. The number of methoxy groups -OCH3 is 1. The molecule has 1 aromatic heterocycles. The number of aromatic nitrogens is 2. The van der Waals surface area contributed by atoms with Crippen molar-refractivity contribution in [2.75, 3.05) is 23.1 Å². The summed E-state index contributed by atoms with van der Waals surface area (Å²) in [5.74, 6) is -1.01. The van der Waals surface area contributed by atoms with Crippen LogP contribution >= 0.6 is 0 Å². The first-order valence-corrected chi connectivity index (χ1v) is 10.1. The number of nitrogens with zero attached hydrogens (tertiary/aromatic N) is 1. The van der Waals surface area contributed by atoms with Gasteiger partial charge in [-0.3, -0.25) is 19.4 Å². The molecule has 1 atom stereocenters. The number of nitrogens with one attached hydrogen (secondary N) is 4. The number of hydrogen-bond donors (Lipinski definition) is 4. The molecule has 2 heterocycles. The minimum atomic E-state index is -0.978. The molecule has 1 unspecified atom stereocenters. The van der Waals surface area contributed by atoms with Gasteiger partial charge in [-0.15, -0.1) is 0 Å². The van der Waals surface area contributed by atoms with Gasteiger partial charge in [0.25, 0.3) is 5.56 Å². The smallest absolute Gasteiger partial charge is 0.258 e. The average molecular weight is 433 g/mol. The molecule has 0 fully saturated rings. The van der Waals surface area contributed by atoms with E-state index in [0.29, 0.717) is 11.4 Å². The van der Waals surface area contributed by atoms with Crippen molar-refractivity contribution in [2.45, 2.75) is 26.2 Å². The summed E-state index contributed by atoms with van der Waals surface area (Å²) in [7, 11) is 1.53. The lowest BCUT2D eigenvalue weighted by atomic mass is 9.92. The molecule has 0 bridgehead atoms. The number of aryl methyl sites for hydroxylation is 2. The molecule has 9 nitrogen and oxygen atoms in total. The molecule has 32 heavy (non-hydrogen) atoms. The van der Waals surface area contributed by atoms with Gasteiger partial charge in [0.15, 0.2) is 0 Å². The number of hydrogen-bond acceptors (Lipinski definition) is 6. The topological polar surface area (TPSA) is 125 Å². The Morgan fingerprint density at radius 2 is 1.88 bits per heavy atom. The first-order chi connectivity index (χ1) is 15.3. The van der Waals surface area contributed by atoms with Crippen LogP contribution in [0, 0.1) is 13.8 Å². The van der Waals surface area contributed by atoms with E-state index >= 15 is 0 Å². The zero-order valence-corrected chi connectivity index (χ0v) is 17.9. The van der Waals surface area contributed by atoms with Gasteiger partial charge in [0, 0.05) is 23.9 Å². The Bertz CT molecular complexity index is 1250. The predicted octanol–water partition coefficient (Wildman–Crippen LogP) is 3.20. The Labute approximate surface area is 184 Å². The van der Waals surface area contributed by atoms with Crippen LogP contribution in [0.4, 0.5) is 23.1 Å². The van der Waals surface area contributed by atoms with Crippen LogP contribution in [0.25, 0.3) is 0 Å². The second kappa shape index (κ2) is 8.54. The minimum Gasteiger partial charge on any atom is -0.497 e. The third kappa shape index (κ3) is 4.31. The van der Waals surface area contributed by atoms with Crippen molar-refractivity contribution >= 4 is 35.0 Å². The van der Waals surface area contributed by atoms with E-state index in [9.17, 15) is 14.4 Å². The Balaban J connectivity index is 1.64. The van der Waals surface area contributed by atoms with Gasteiger partial charge < -0.3 is 20.7 Å². The van der Waals surface area contributed by atoms with Gasteiger partial charge in [-0.2, -0.15) is 4.98 Å². The van der Waals surface area contributed by atoms with E-state index in [1.165, 1.54) is 7.11 Å². The SMILES string of the molecule is COc1ccc(C)c(NC(=O)C2CC(=O)Nc3nc(Nc4ccc(C)cc4)[nH]c(=O)c32)c1. The molecule has 3 aromatic rings. The summed E-state index contributed by atoms with van der Waals surface area (Å²) in [6.45, 7) is 3.81. The highest BCUT2D eigenvalue weighted by molar-refractivity contribution is 6.04. The second-order valence-electron chi connectivity index (χ2n) is 7.64. The number of ether oxygens (including phenoxy) is 1. The number of carbonyl (C=O) groups excluding carboxylic acids is 2. The summed E-state index contributed by atoms with van der Waals surface area (Å²) in [4.78, 5) is 45.2. The van der Waals surface area contributed by atoms with Gasteiger partial charge in [-0.25, -0.2) is 0 Å². The molecular weight excluding hydrogens is 410 g/mol. The molecule has 0 spiro atoms. The van der Waals surface area contributed by atoms with Crippen LogP contribution in [0.3, 0.4) is 0 Å². The molecule has 164 valence electrons. The quantitative estimate of drug-likeness (QED) is 0.490. The molecule has 4 rings (SSSR count). The summed E-state index contributed by atoms with van der Waals surface area (Å²) < 4.78 is 5.21. The molecule has 0 saturated heterocycles. The fraction of sp³-hybridized carbons (Fsp3) is 0.217. The van der Waals surface area contributed by atoms with Crippen LogP contribution in [0.1, 0.15) is 29.0 Å². The van der Waals surface area contributed by atoms with E-state index in [2.05, 4.69) is 25.9 Å². The van der Waals surface area contributed by atoms with Crippen LogP contribution in [-0.2, 0) is 9.59 Å². The number of aromatic amines is 1. The van der Waals surface area contributed by atoms with Gasteiger partial charge in [-0.05, 0) is 37.6 Å². The Morgan fingerprint density at radius 1 is 1.12 bits per heavy atom. The van der Waals surface area contributed by atoms with Crippen LogP contribution in [-0.4, -0.2) is 28.9 Å². The van der Waals surface area contributed by atoms with Crippen LogP contribution in [0.5, 0.6) is 5.75 Å². The zero-order valence-electron chi connectivity index (χ0n) is 17.9. The van der Waals surface area contributed by atoms with Gasteiger partial charge >= 0.3 is 0 Å². The first-order valence-electron chi connectivity index (χ1n) is 10.1.